The summed E-state index contributed by atoms with van der Waals surface area (Å²) in [5.74, 6) is 2.82. The lowest BCUT2D eigenvalue weighted by molar-refractivity contribution is -0.0748. The summed E-state index contributed by atoms with van der Waals surface area (Å²) in [6, 6.07) is 2.08. The first kappa shape index (κ1) is 17.1. The first-order valence-corrected chi connectivity index (χ1v) is 9.91. The zero-order valence-corrected chi connectivity index (χ0v) is 15.8. The Morgan fingerprint density at radius 1 is 1.08 bits per heavy atom. The van der Waals surface area contributed by atoms with Gasteiger partial charge in [0.1, 0.15) is 0 Å². The van der Waals surface area contributed by atoms with Crippen LogP contribution in [0.25, 0.3) is 0 Å². The fourth-order valence-corrected chi connectivity index (χ4v) is 6.57. The Kier molecular flexibility index (Phi) is 4.18. The van der Waals surface area contributed by atoms with Gasteiger partial charge in [0.15, 0.2) is 0 Å². The maximum Gasteiger partial charge on any atom is 0.330 e. The van der Waals surface area contributed by atoms with Crippen molar-refractivity contribution < 1.29 is 0 Å². The van der Waals surface area contributed by atoms with Crippen LogP contribution in [0.1, 0.15) is 57.6 Å². The van der Waals surface area contributed by atoms with E-state index in [2.05, 4.69) is 12.2 Å². The van der Waals surface area contributed by atoms with Crippen LogP contribution in [0, 0.1) is 23.2 Å². The van der Waals surface area contributed by atoms with Crippen LogP contribution in [0.2, 0.25) is 0 Å². The highest BCUT2D eigenvalue weighted by molar-refractivity contribution is 5.07. The second kappa shape index (κ2) is 6.11. The van der Waals surface area contributed by atoms with Crippen LogP contribution in [0.15, 0.2) is 15.7 Å². The minimum absolute atomic E-state index is 0.220. The van der Waals surface area contributed by atoms with Gasteiger partial charge in [-0.25, -0.2) is 4.79 Å². The van der Waals surface area contributed by atoms with E-state index in [0.29, 0.717) is 18.0 Å². The molecule has 1 atom stereocenters. The average molecular weight is 345 g/mol. The summed E-state index contributed by atoms with van der Waals surface area (Å²) in [6.07, 6.45) is 9.61. The molecule has 5 heteroatoms. The summed E-state index contributed by atoms with van der Waals surface area (Å²) >= 11 is 0. The number of rotatable bonds is 5. The van der Waals surface area contributed by atoms with Gasteiger partial charge in [-0.3, -0.25) is 13.9 Å². The van der Waals surface area contributed by atoms with Crippen molar-refractivity contribution in [1.29, 1.82) is 0 Å². The Labute approximate surface area is 149 Å². The predicted molar refractivity (Wildman–Crippen MR) is 98.4 cm³/mol. The second-order valence-corrected chi connectivity index (χ2v) is 9.00. The van der Waals surface area contributed by atoms with Gasteiger partial charge in [0, 0.05) is 38.4 Å². The summed E-state index contributed by atoms with van der Waals surface area (Å²) in [4.78, 5) is 24.1. The normalized spacial score (nSPS) is 34.4. The number of aromatic nitrogens is 2. The average Bonchev–Trinajstić information content (AvgIpc) is 2.56. The van der Waals surface area contributed by atoms with Crippen molar-refractivity contribution in [2.24, 2.45) is 37.3 Å². The van der Waals surface area contributed by atoms with Gasteiger partial charge in [-0.1, -0.05) is 6.92 Å². The quantitative estimate of drug-likeness (QED) is 0.890. The summed E-state index contributed by atoms with van der Waals surface area (Å²) in [5, 5.41) is 3.75. The summed E-state index contributed by atoms with van der Waals surface area (Å²) in [5.41, 5.74) is 0.772. The Hall–Kier alpha value is -1.36. The van der Waals surface area contributed by atoms with Crippen LogP contribution >= 0.6 is 0 Å². The van der Waals surface area contributed by atoms with Crippen LogP contribution in [0.4, 0.5) is 0 Å². The molecule has 4 fully saturated rings. The van der Waals surface area contributed by atoms with Crippen LogP contribution in [-0.4, -0.2) is 15.2 Å². The number of nitrogens with one attached hydrogen (secondary N) is 1. The minimum atomic E-state index is -0.243. The standard InChI is InChI=1S/C20H31N3O2/c1-4-17(20-9-13-5-14(10-20)7-15(6-13)11-20)21-12-16-8-18(24)23(3)19(25)22(16)2/h8,13-15,17,21H,4-7,9-12H2,1-3H3. The fraction of sp³-hybridized carbons (Fsp3) is 0.800. The van der Waals surface area contributed by atoms with Crippen molar-refractivity contribution in [1.82, 2.24) is 14.5 Å². The van der Waals surface area contributed by atoms with Crippen molar-refractivity contribution in [3.8, 4) is 0 Å². The Morgan fingerprint density at radius 2 is 1.64 bits per heavy atom. The van der Waals surface area contributed by atoms with Gasteiger partial charge in [0.2, 0.25) is 0 Å². The van der Waals surface area contributed by atoms with Gasteiger partial charge in [0.25, 0.3) is 5.56 Å². The van der Waals surface area contributed by atoms with E-state index in [4.69, 9.17) is 0 Å². The van der Waals surface area contributed by atoms with Crippen LogP contribution in [-0.2, 0) is 20.6 Å². The second-order valence-electron chi connectivity index (χ2n) is 9.00. The monoisotopic (exact) mass is 345 g/mol. The van der Waals surface area contributed by atoms with Gasteiger partial charge in [-0.2, -0.15) is 0 Å². The highest BCUT2D eigenvalue weighted by Gasteiger charge is 2.53. The molecule has 1 aromatic heterocycles. The maximum absolute atomic E-state index is 12.1. The summed E-state index contributed by atoms with van der Waals surface area (Å²) in [6.45, 7) is 2.88. The molecule has 5 rings (SSSR count). The van der Waals surface area contributed by atoms with E-state index in [9.17, 15) is 9.59 Å². The number of hydrogen-bond donors (Lipinski definition) is 1. The molecular formula is C20H31N3O2. The summed E-state index contributed by atoms with van der Waals surface area (Å²) in [7, 11) is 3.29. The minimum Gasteiger partial charge on any atom is -0.308 e. The molecule has 1 N–H and O–H groups in total. The molecule has 0 saturated heterocycles. The highest BCUT2D eigenvalue weighted by Crippen LogP contribution is 2.61. The number of nitrogens with zero attached hydrogens (tertiary/aromatic N) is 2. The van der Waals surface area contributed by atoms with Gasteiger partial charge >= 0.3 is 5.69 Å². The van der Waals surface area contributed by atoms with Crippen LogP contribution in [0.3, 0.4) is 0 Å². The van der Waals surface area contributed by atoms with E-state index in [-0.39, 0.29) is 11.2 Å². The molecule has 1 aromatic rings. The van der Waals surface area contributed by atoms with Gasteiger partial charge in [-0.05, 0) is 68.1 Å². The zero-order chi connectivity index (χ0) is 17.8. The Bertz CT molecular complexity index is 741. The molecule has 4 saturated carbocycles. The van der Waals surface area contributed by atoms with Crippen molar-refractivity contribution in [2.45, 2.75) is 64.5 Å². The third-order valence-corrected chi connectivity index (χ3v) is 7.39. The molecule has 1 heterocycles. The SMILES string of the molecule is CCC(NCc1cc(=O)n(C)c(=O)n1C)C12CC3CC(CC(C3)C1)C2. The molecule has 0 radical (unpaired) electrons. The molecule has 0 aromatic carbocycles. The molecular weight excluding hydrogens is 314 g/mol. The third kappa shape index (κ3) is 2.80. The van der Waals surface area contributed by atoms with Crippen LogP contribution < -0.4 is 16.6 Å². The van der Waals surface area contributed by atoms with Crippen molar-refractivity contribution >= 4 is 0 Å². The maximum atomic E-state index is 12.1. The fourth-order valence-electron chi connectivity index (χ4n) is 6.57. The molecule has 138 valence electrons. The molecule has 4 aliphatic rings. The smallest absolute Gasteiger partial charge is 0.308 e. The number of hydrogen-bond acceptors (Lipinski definition) is 3. The lowest BCUT2D eigenvalue weighted by Crippen LogP contribution is -2.55. The topological polar surface area (TPSA) is 56.0 Å². The molecule has 25 heavy (non-hydrogen) atoms. The van der Waals surface area contributed by atoms with E-state index >= 15 is 0 Å². The lowest BCUT2D eigenvalue weighted by Gasteiger charge is -2.59. The van der Waals surface area contributed by atoms with Crippen molar-refractivity contribution in [2.75, 3.05) is 0 Å². The van der Waals surface area contributed by atoms with E-state index in [0.717, 1.165) is 29.9 Å². The van der Waals surface area contributed by atoms with E-state index < -0.39 is 0 Å². The lowest BCUT2D eigenvalue weighted by atomic mass is 9.47. The highest BCUT2D eigenvalue weighted by atomic mass is 16.2. The first-order valence-electron chi connectivity index (χ1n) is 9.91. The summed E-state index contributed by atoms with van der Waals surface area (Å²) < 4.78 is 2.76. The Morgan fingerprint density at radius 3 is 2.16 bits per heavy atom. The van der Waals surface area contributed by atoms with Crippen molar-refractivity contribution in [3.05, 3.63) is 32.6 Å². The molecule has 4 aliphatic carbocycles. The van der Waals surface area contributed by atoms with Crippen LogP contribution in [0.5, 0.6) is 0 Å². The van der Waals surface area contributed by atoms with E-state index in [1.807, 2.05) is 0 Å². The Balaban J connectivity index is 1.54. The van der Waals surface area contributed by atoms with Gasteiger partial charge in [0.05, 0.1) is 0 Å². The zero-order valence-electron chi connectivity index (χ0n) is 15.8. The largest absolute Gasteiger partial charge is 0.330 e. The molecule has 0 spiro atoms. The first-order chi connectivity index (χ1) is 11.9. The predicted octanol–water partition coefficient (Wildman–Crippen LogP) is 2.17. The van der Waals surface area contributed by atoms with Gasteiger partial charge in [-0.15, -0.1) is 0 Å². The molecule has 4 bridgehead atoms. The molecule has 1 unspecified atom stereocenters. The molecule has 0 amide bonds. The van der Waals surface area contributed by atoms with E-state index in [1.54, 1.807) is 17.7 Å². The van der Waals surface area contributed by atoms with E-state index in [1.165, 1.54) is 50.1 Å². The molecule has 5 nitrogen and oxygen atoms in total. The van der Waals surface area contributed by atoms with Crippen molar-refractivity contribution in [3.63, 3.8) is 0 Å². The third-order valence-electron chi connectivity index (χ3n) is 7.39. The van der Waals surface area contributed by atoms with Gasteiger partial charge < -0.3 is 5.32 Å². The molecule has 0 aliphatic heterocycles.